The molecule has 1 aliphatic carbocycles. The van der Waals surface area contributed by atoms with E-state index in [1.54, 1.807) is 0 Å². The third kappa shape index (κ3) is 7.37. The van der Waals surface area contributed by atoms with E-state index in [0.717, 1.165) is 6.42 Å². The third-order valence-corrected chi connectivity index (χ3v) is 12.9. The van der Waals surface area contributed by atoms with Crippen molar-refractivity contribution in [3.8, 4) is 77.9 Å². The summed E-state index contributed by atoms with van der Waals surface area (Å²) in [6.45, 7) is 0. The highest BCUT2D eigenvalue weighted by Gasteiger charge is 2.36. The van der Waals surface area contributed by atoms with Gasteiger partial charge in [0.1, 0.15) is 0 Å². The van der Waals surface area contributed by atoms with Crippen LogP contribution in [0.25, 0.3) is 110 Å². The Morgan fingerprint density at radius 2 is 0.682 bits per heavy atom. The second kappa shape index (κ2) is 16.9. The molecule has 0 aliphatic heterocycles. The van der Waals surface area contributed by atoms with Crippen molar-refractivity contribution in [3.63, 3.8) is 0 Å². The molecule has 0 spiro atoms. The minimum absolute atomic E-state index is 0.715. The lowest BCUT2D eigenvalue weighted by Crippen LogP contribution is -2.02. The van der Waals surface area contributed by atoms with Gasteiger partial charge < -0.3 is 0 Å². The van der Waals surface area contributed by atoms with Gasteiger partial charge in [0, 0.05) is 0 Å². The fourth-order valence-corrected chi connectivity index (χ4v) is 10.3. The highest BCUT2D eigenvalue weighted by atomic mass is 32.2. The lowest BCUT2D eigenvalue weighted by Gasteiger charge is -2.28. The first-order chi connectivity index (χ1) is 32.3. The van der Waals surface area contributed by atoms with Crippen molar-refractivity contribution in [1.29, 1.82) is 0 Å². The topological polar surface area (TPSA) is 54.4 Å². The summed E-state index contributed by atoms with van der Waals surface area (Å²) in [5.41, 5.74) is 20.4. The first-order valence-electron chi connectivity index (χ1n) is 22.2. The van der Waals surface area contributed by atoms with Gasteiger partial charge in [0.15, 0.2) is 0 Å². The van der Waals surface area contributed by atoms with Gasteiger partial charge in [-0.1, -0.05) is 231 Å². The molecule has 0 bridgehead atoms. The number of fused-ring (bicyclic) bond motifs is 6. The minimum Gasteiger partial charge on any atom is -0.286 e. The van der Waals surface area contributed by atoms with Crippen LogP contribution >= 0.6 is 0 Å². The molecule has 0 saturated heterocycles. The Hall–Kier alpha value is -7.89. The zero-order valence-corrected chi connectivity index (χ0v) is 37.1. The molecule has 11 aromatic rings. The molecule has 66 heavy (non-hydrogen) atoms. The zero-order chi connectivity index (χ0) is 44.8. The van der Waals surface area contributed by atoms with E-state index in [0.29, 0.717) is 6.26 Å². The summed E-state index contributed by atoms with van der Waals surface area (Å²) in [6.07, 6.45) is 1.53. The molecule has 316 valence electrons. The fourth-order valence-electron chi connectivity index (χ4n) is 10.3. The first-order valence-corrected chi connectivity index (χ1v) is 24.1. The van der Waals surface area contributed by atoms with Gasteiger partial charge in [0.05, 0.1) is 6.26 Å². The summed E-state index contributed by atoms with van der Waals surface area (Å²) >= 11 is 0. The molecule has 0 amide bonds. The summed E-state index contributed by atoms with van der Waals surface area (Å²) in [4.78, 5) is 0. The van der Waals surface area contributed by atoms with Gasteiger partial charge in [0.2, 0.25) is 0 Å². The van der Waals surface area contributed by atoms with Gasteiger partial charge in [-0.2, -0.15) is 8.42 Å². The number of hydrogen-bond donors (Lipinski definition) is 1. The molecule has 4 heteroatoms. The standard InChI is InChI=1S/C61H40.CH4O3S/c1-4-19-43(20-5-1)50-38-37-46-39-54-58(51-34-16-28-40-21-10-13-31-47(40)51)60(53-36-18-30-42-23-12-15-33-49(42)53)59(52-35-17-29-41-22-11-14-32-48(41)52)56(45-26-8-3-9-27-45)61(54)57(46)55(50)44-24-6-2-7-25-44;1-5(2,3)4/h1-38H,39H2;1H3,(H,2,3,4). The average Bonchev–Trinajstić information content (AvgIpc) is 3.74. The van der Waals surface area contributed by atoms with Crippen LogP contribution in [0.5, 0.6) is 0 Å². The van der Waals surface area contributed by atoms with E-state index in [1.165, 1.54) is 121 Å². The quantitative estimate of drug-likeness (QED) is 0.169. The van der Waals surface area contributed by atoms with Crippen LogP contribution in [0.3, 0.4) is 0 Å². The molecule has 0 saturated carbocycles. The van der Waals surface area contributed by atoms with Crippen molar-refractivity contribution in [3.05, 3.63) is 242 Å². The molecule has 0 radical (unpaired) electrons. The van der Waals surface area contributed by atoms with Gasteiger partial charge >= 0.3 is 0 Å². The first kappa shape index (κ1) is 40.9. The van der Waals surface area contributed by atoms with Crippen LogP contribution in [0.4, 0.5) is 0 Å². The predicted octanol–water partition coefficient (Wildman–Crippen LogP) is 16.2. The Morgan fingerprint density at radius 1 is 0.318 bits per heavy atom. The van der Waals surface area contributed by atoms with Crippen molar-refractivity contribution in [2.75, 3.05) is 6.26 Å². The minimum atomic E-state index is -3.67. The molecule has 1 N–H and O–H groups in total. The number of hydrogen-bond acceptors (Lipinski definition) is 2. The maximum atomic E-state index is 9.19. The number of benzene rings is 11. The van der Waals surface area contributed by atoms with E-state index in [-0.39, 0.29) is 0 Å². The van der Waals surface area contributed by atoms with Crippen LogP contribution in [-0.2, 0) is 16.5 Å². The number of rotatable bonds is 6. The summed E-state index contributed by atoms with van der Waals surface area (Å²) < 4.78 is 25.9. The summed E-state index contributed by atoms with van der Waals surface area (Å²) in [5.74, 6) is 0. The second-order valence-electron chi connectivity index (χ2n) is 17.0. The predicted molar refractivity (Wildman–Crippen MR) is 277 cm³/mol. The van der Waals surface area contributed by atoms with E-state index in [4.69, 9.17) is 4.55 Å². The highest BCUT2D eigenvalue weighted by molar-refractivity contribution is 7.85. The van der Waals surface area contributed by atoms with Gasteiger partial charge in [-0.05, 0) is 128 Å². The molecule has 0 unspecified atom stereocenters. The molecule has 11 aromatic carbocycles. The molecule has 0 atom stereocenters. The summed E-state index contributed by atoms with van der Waals surface area (Å²) in [6, 6.07) is 85.5. The van der Waals surface area contributed by atoms with Crippen molar-refractivity contribution < 1.29 is 13.0 Å². The van der Waals surface area contributed by atoms with Crippen LogP contribution in [0, 0.1) is 0 Å². The van der Waals surface area contributed by atoms with Gasteiger partial charge in [-0.15, -0.1) is 0 Å². The largest absolute Gasteiger partial charge is 0.286 e. The van der Waals surface area contributed by atoms with Crippen LogP contribution in [-0.4, -0.2) is 19.2 Å². The molecule has 1 aliphatic rings. The maximum Gasteiger partial charge on any atom is 0.261 e. The van der Waals surface area contributed by atoms with E-state index in [2.05, 4.69) is 231 Å². The van der Waals surface area contributed by atoms with Gasteiger partial charge in [-0.25, -0.2) is 0 Å². The molecule has 12 rings (SSSR count). The Balaban J connectivity index is 0.000000916. The SMILES string of the molecule is CS(=O)(=O)O.c1ccc(-c2ccc3c(c2-c2ccccc2)-c2c(c(-c4cccc5ccccc45)c(-c4cccc5ccccc45)c(-c4cccc5ccccc45)c2-c2ccccc2)C3)cc1. The summed E-state index contributed by atoms with van der Waals surface area (Å²) in [7, 11) is -3.67. The fraction of sp³-hybridized carbons (Fsp3) is 0.0323. The molecular formula is C62H44O3S. The molecule has 3 nitrogen and oxygen atoms in total. The van der Waals surface area contributed by atoms with Crippen LogP contribution in [0.2, 0.25) is 0 Å². The lowest BCUT2D eigenvalue weighted by atomic mass is 9.74. The summed E-state index contributed by atoms with van der Waals surface area (Å²) in [5, 5.41) is 7.45. The Morgan fingerprint density at radius 3 is 1.15 bits per heavy atom. The lowest BCUT2D eigenvalue weighted by molar-refractivity contribution is 0.490. The van der Waals surface area contributed by atoms with Crippen molar-refractivity contribution >= 4 is 42.4 Å². The monoisotopic (exact) mass is 868 g/mol. The van der Waals surface area contributed by atoms with Gasteiger partial charge in [0.25, 0.3) is 10.1 Å². The third-order valence-electron chi connectivity index (χ3n) is 12.9. The van der Waals surface area contributed by atoms with Crippen molar-refractivity contribution in [1.82, 2.24) is 0 Å². The Bertz CT molecular complexity index is 3720. The van der Waals surface area contributed by atoms with Crippen LogP contribution in [0.15, 0.2) is 231 Å². The molecular weight excluding hydrogens is 825 g/mol. The highest BCUT2D eigenvalue weighted by Crippen LogP contribution is 2.60. The van der Waals surface area contributed by atoms with E-state index < -0.39 is 10.1 Å². The normalized spacial score (nSPS) is 11.8. The molecule has 0 fully saturated rings. The zero-order valence-electron chi connectivity index (χ0n) is 36.3. The smallest absolute Gasteiger partial charge is 0.261 e. The Kier molecular flexibility index (Phi) is 10.5. The van der Waals surface area contributed by atoms with E-state index in [9.17, 15) is 8.42 Å². The van der Waals surface area contributed by atoms with Crippen molar-refractivity contribution in [2.24, 2.45) is 0 Å². The molecule has 0 heterocycles. The van der Waals surface area contributed by atoms with Gasteiger partial charge in [-0.3, -0.25) is 4.55 Å². The van der Waals surface area contributed by atoms with Crippen molar-refractivity contribution in [2.45, 2.75) is 6.42 Å². The molecule has 0 aromatic heterocycles. The maximum absolute atomic E-state index is 9.19. The van der Waals surface area contributed by atoms with E-state index in [1.807, 2.05) is 0 Å². The van der Waals surface area contributed by atoms with Crippen LogP contribution < -0.4 is 0 Å². The van der Waals surface area contributed by atoms with E-state index >= 15 is 0 Å². The second-order valence-corrected chi connectivity index (χ2v) is 18.4. The Labute approximate surface area is 385 Å². The van der Waals surface area contributed by atoms with Crippen LogP contribution in [0.1, 0.15) is 11.1 Å². The average molecular weight is 869 g/mol.